The number of fused-ring (bicyclic) bond motifs is 1. The first kappa shape index (κ1) is 23.8. The molecule has 0 aliphatic carbocycles. The number of aliphatic hydroxyl groups is 1. The van der Waals surface area contributed by atoms with Crippen molar-refractivity contribution in [2.45, 2.75) is 39.9 Å². The summed E-state index contributed by atoms with van der Waals surface area (Å²) in [5, 5.41) is 9.08. The highest BCUT2D eigenvalue weighted by atomic mass is 35.5. The molecule has 0 fully saturated rings. The molecule has 1 aromatic heterocycles. The Balaban J connectivity index is 0.00000155. The van der Waals surface area contributed by atoms with Crippen molar-refractivity contribution >= 4 is 28.7 Å². The molecule has 0 radical (unpaired) electrons. The Morgan fingerprint density at radius 2 is 1.73 bits per heavy atom. The number of pyridine rings is 1. The second-order valence-electron chi connectivity index (χ2n) is 7.38. The van der Waals surface area contributed by atoms with Crippen LogP contribution in [0.3, 0.4) is 0 Å². The number of aromatic nitrogens is 1. The maximum Gasteiger partial charge on any atom is 0.258 e. The standard InChI is InChI=1S/C23H24ClNO3.CH4O/c1-13(2)28-20(12-26)22-21(16-7-9-19(24)15(4)11-16)18-10-14(3)6-8-17(18)23(27)25(22)5;1-2/h6-13,20H,1-5H3;2H,1H3. The lowest BCUT2D eigenvalue weighted by atomic mass is 9.93. The minimum absolute atomic E-state index is 0.154. The van der Waals surface area contributed by atoms with E-state index in [4.69, 9.17) is 21.4 Å². The summed E-state index contributed by atoms with van der Waals surface area (Å²) in [6.45, 7) is 7.65. The number of halogens is 1. The van der Waals surface area contributed by atoms with Gasteiger partial charge < -0.3 is 19.2 Å². The van der Waals surface area contributed by atoms with Crippen LogP contribution in [0.2, 0.25) is 5.02 Å². The van der Waals surface area contributed by atoms with E-state index in [0.29, 0.717) is 16.1 Å². The third kappa shape index (κ3) is 4.64. The minimum Gasteiger partial charge on any atom is -0.400 e. The van der Waals surface area contributed by atoms with E-state index in [0.717, 1.165) is 41.0 Å². The van der Waals surface area contributed by atoms with Crippen LogP contribution in [0.4, 0.5) is 0 Å². The molecule has 6 heteroatoms. The predicted molar refractivity (Wildman–Crippen MR) is 122 cm³/mol. The molecule has 0 aliphatic rings. The van der Waals surface area contributed by atoms with Gasteiger partial charge in [0.25, 0.3) is 5.56 Å². The molecular weight excluding hydrogens is 402 g/mol. The Hall–Kier alpha value is -2.47. The van der Waals surface area contributed by atoms with Gasteiger partial charge in [-0.25, -0.2) is 0 Å². The first-order valence-electron chi connectivity index (χ1n) is 9.69. The predicted octanol–water partition coefficient (Wildman–Crippen LogP) is 4.75. The third-order valence-corrected chi connectivity index (χ3v) is 5.28. The van der Waals surface area contributed by atoms with Gasteiger partial charge in [-0.05, 0) is 62.4 Å². The van der Waals surface area contributed by atoms with Crippen molar-refractivity contribution in [3.8, 4) is 11.1 Å². The lowest BCUT2D eigenvalue weighted by molar-refractivity contribution is -0.121. The van der Waals surface area contributed by atoms with E-state index in [2.05, 4.69) is 0 Å². The SMILES string of the molecule is CO.Cc1ccc2c(=O)n(C)c(C(C=O)OC(C)C)c(-c3ccc(Cl)c(C)c3)c2c1. The summed E-state index contributed by atoms with van der Waals surface area (Å²) in [5.41, 5.74) is 4.06. The van der Waals surface area contributed by atoms with E-state index >= 15 is 0 Å². The molecule has 1 N–H and O–H groups in total. The van der Waals surface area contributed by atoms with Crippen LogP contribution in [0, 0.1) is 13.8 Å². The molecule has 1 heterocycles. The van der Waals surface area contributed by atoms with Gasteiger partial charge in [-0.15, -0.1) is 0 Å². The van der Waals surface area contributed by atoms with Gasteiger partial charge in [-0.1, -0.05) is 35.4 Å². The maximum atomic E-state index is 13.0. The second kappa shape index (κ2) is 10.0. The van der Waals surface area contributed by atoms with Crippen molar-refractivity contribution < 1.29 is 14.6 Å². The highest BCUT2D eigenvalue weighted by molar-refractivity contribution is 6.31. The van der Waals surface area contributed by atoms with Crippen molar-refractivity contribution in [1.29, 1.82) is 0 Å². The van der Waals surface area contributed by atoms with Gasteiger partial charge in [0.1, 0.15) is 0 Å². The summed E-state index contributed by atoms with van der Waals surface area (Å²) in [4.78, 5) is 25.0. The summed E-state index contributed by atoms with van der Waals surface area (Å²) >= 11 is 6.23. The zero-order valence-electron chi connectivity index (χ0n) is 18.2. The van der Waals surface area contributed by atoms with E-state index in [1.54, 1.807) is 7.05 Å². The van der Waals surface area contributed by atoms with Gasteiger partial charge >= 0.3 is 0 Å². The number of ether oxygens (including phenoxy) is 1. The highest BCUT2D eigenvalue weighted by Crippen LogP contribution is 2.36. The smallest absolute Gasteiger partial charge is 0.258 e. The number of carbonyl (C=O) groups excluding carboxylic acids is 1. The van der Waals surface area contributed by atoms with Gasteiger partial charge in [-0.2, -0.15) is 0 Å². The van der Waals surface area contributed by atoms with Crippen LogP contribution in [0.15, 0.2) is 41.2 Å². The largest absolute Gasteiger partial charge is 0.400 e. The highest BCUT2D eigenvalue weighted by Gasteiger charge is 2.25. The molecule has 160 valence electrons. The number of nitrogens with zero attached hydrogens (tertiary/aromatic N) is 1. The molecule has 0 bridgehead atoms. The fraction of sp³-hybridized carbons (Fsp3) is 0.333. The van der Waals surface area contributed by atoms with E-state index in [1.165, 1.54) is 4.57 Å². The molecule has 0 saturated heterocycles. The Morgan fingerprint density at radius 3 is 2.30 bits per heavy atom. The first-order valence-corrected chi connectivity index (χ1v) is 10.1. The minimum atomic E-state index is -0.853. The van der Waals surface area contributed by atoms with E-state index in [9.17, 15) is 9.59 Å². The normalized spacial score (nSPS) is 11.9. The molecular formula is C24H28ClNO4. The lowest BCUT2D eigenvalue weighted by Crippen LogP contribution is -2.26. The molecule has 3 aromatic rings. The summed E-state index contributed by atoms with van der Waals surface area (Å²) in [5.74, 6) is 0. The molecule has 0 spiro atoms. The van der Waals surface area contributed by atoms with Gasteiger partial charge in [-0.3, -0.25) is 4.79 Å². The van der Waals surface area contributed by atoms with E-state index in [1.807, 2.05) is 64.1 Å². The van der Waals surface area contributed by atoms with Gasteiger partial charge in [0, 0.05) is 30.1 Å². The summed E-state index contributed by atoms with van der Waals surface area (Å²) in [6, 6.07) is 11.5. The number of aryl methyl sites for hydroxylation is 2. The first-order chi connectivity index (χ1) is 14.2. The van der Waals surface area contributed by atoms with Crippen LogP contribution in [0.25, 0.3) is 21.9 Å². The van der Waals surface area contributed by atoms with Crippen LogP contribution in [0.5, 0.6) is 0 Å². The number of hydrogen-bond acceptors (Lipinski definition) is 4. The summed E-state index contributed by atoms with van der Waals surface area (Å²) in [6.07, 6.45) is -0.269. The number of rotatable bonds is 5. The summed E-state index contributed by atoms with van der Waals surface area (Å²) in [7, 11) is 2.68. The number of hydrogen-bond donors (Lipinski definition) is 1. The van der Waals surface area contributed by atoms with Crippen LogP contribution in [-0.4, -0.2) is 29.2 Å². The van der Waals surface area contributed by atoms with Gasteiger partial charge in [0.05, 0.1) is 11.8 Å². The number of aliphatic hydroxyl groups excluding tert-OH is 1. The summed E-state index contributed by atoms with van der Waals surface area (Å²) < 4.78 is 7.39. The molecule has 5 nitrogen and oxygen atoms in total. The van der Waals surface area contributed by atoms with Crippen LogP contribution >= 0.6 is 11.6 Å². The molecule has 1 unspecified atom stereocenters. The zero-order chi connectivity index (χ0) is 22.6. The molecule has 30 heavy (non-hydrogen) atoms. The van der Waals surface area contributed by atoms with E-state index < -0.39 is 6.10 Å². The molecule has 0 saturated carbocycles. The Bertz CT molecular complexity index is 1120. The average Bonchev–Trinajstić information content (AvgIpc) is 2.72. The third-order valence-electron chi connectivity index (χ3n) is 4.86. The van der Waals surface area contributed by atoms with Crippen molar-refractivity contribution in [3.63, 3.8) is 0 Å². The number of carbonyl (C=O) groups is 1. The maximum absolute atomic E-state index is 13.0. The van der Waals surface area contributed by atoms with Gasteiger partial charge in [0.15, 0.2) is 12.4 Å². The molecule has 3 rings (SSSR count). The second-order valence-corrected chi connectivity index (χ2v) is 7.79. The van der Waals surface area contributed by atoms with Crippen molar-refractivity contribution in [2.24, 2.45) is 7.05 Å². The Morgan fingerprint density at radius 1 is 1.07 bits per heavy atom. The van der Waals surface area contributed by atoms with Crippen molar-refractivity contribution in [3.05, 3.63) is 68.6 Å². The zero-order valence-corrected chi connectivity index (χ0v) is 18.9. The molecule has 0 amide bonds. The molecule has 1 atom stereocenters. The quantitative estimate of drug-likeness (QED) is 0.594. The van der Waals surface area contributed by atoms with Crippen molar-refractivity contribution in [2.75, 3.05) is 7.11 Å². The van der Waals surface area contributed by atoms with Crippen molar-refractivity contribution in [1.82, 2.24) is 4.57 Å². The number of aldehydes is 1. The fourth-order valence-corrected chi connectivity index (χ4v) is 3.66. The van der Waals surface area contributed by atoms with Crippen LogP contribution in [0.1, 0.15) is 36.8 Å². The number of benzene rings is 2. The van der Waals surface area contributed by atoms with Crippen LogP contribution < -0.4 is 5.56 Å². The van der Waals surface area contributed by atoms with E-state index in [-0.39, 0.29) is 11.7 Å². The molecule has 2 aromatic carbocycles. The van der Waals surface area contributed by atoms with Gasteiger partial charge in [0.2, 0.25) is 0 Å². The fourth-order valence-electron chi connectivity index (χ4n) is 3.54. The lowest BCUT2D eigenvalue weighted by Gasteiger charge is -2.23. The Kier molecular flexibility index (Phi) is 7.96. The molecule has 0 aliphatic heterocycles. The van der Waals surface area contributed by atoms with Crippen LogP contribution in [-0.2, 0) is 16.6 Å². The monoisotopic (exact) mass is 429 g/mol. The average molecular weight is 430 g/mol. The Labute approximate surface area is 181 Å². The topological polar surface area (TPSA) is 68.5 Å².